The zero-order chi connectivity index (χ0) is 14.6. The summed E-state index contributed by atoms with van der Waals surface area (Å²) in [5.41, 5.74) is 6.65. The molecule has 5 nitrogen and oxygen atoms in total. The number of para-hydroxylation sites is 1. The normalized spacial score (nSPS) is 14.0. The molecular formula is C15H21N3O2. The van der Waals surface area contributed by atoms with Crippen molar-refractivity contribution in [3.63, 3.8) is 0 Å². The number of nitrogens with two attached hydrogens (primary N) is 1. The average molecular weight is 275 g/mol. The third kappa shape index (κ3) is 3.17. The van der Waals surface area contributed by atoms with E-state index in [0.717, 1.165) is 24.2 Å². The second-order valence-corrected chi connectivity index (χ2v) is 5.17. The second kappa shape index (κ2) is 6.05. The minimum absolute atomic E-state index is 0.490. The molecule has 0 fully saturated rings. The molecular weight excluding hydrogens is 254 g/mol. The maximum atomic E-state index is 6.19. The standard InChI is InChI=1S/C15H21N3O2/c1-4-9-15(2,16)14-17-13(18-20-14)10-11-7-5-6-8-12(11)19-3/h5-8H,4,9-10,16H2,1-3H3. The molecule has 0 radical (unpaired) electrons. The van der Waals surface area contributed by atoms with Crippen molar-refractivity contribution in [1.82, 2.24) is 10.1 Å². The van der Waals surface area contributed by atoms with E-state index in [9.17, 15) is 0 Å². The molecule has 1 heterocycles. The van der Waals surface area contributed by atoms with Gasteiger partial charge >= 0.3 is 0 Å². The van der Waals surface area contributed by atoms with E-state index in [0.29, 0.717) is 18.1 Å². The first-order chi connectivity index (χ1) is 9.56. The van der Waals surface area contributed by atoms with Crippen molar-refractivity contribution in [3.05, 3.63) is 41.5 Å². The molecule has 0 amide bonds. The lowest BCUT2D eigenvalue weighted by Gasteiger charge is -2.18. The van der Waals surface area contributed by atoms with Gasteiger partial charge in [0, 0.05) is 12.0 Å². The van der Waals surface area contributed by atoms with Crippen LogP contribution in [0.4, 0.5) is 0 Å². The number of rotatable bonds is 6. The number of aromatic nitrogens is 2. The van der Waals surface area contributed by atoms with Crippen LogP contribution in [0.15, 0.2) is 28.8 Å². The molecule has 5 heteroatoms. The van der Waals surface area contributed by atoms with E-state index in [1.54, 1.807) is 7.11 Å². The fourth-order valence-corrected chi connectivity index (χ4v) is 2.20. The average Bonchev–Trinajstić information content (AvgIpc) is 2.89. The minimum Gasteiger partial charge on any atom is -0.496 e. The van der Waals surface area contributed by atoms with Crippen molar-refractivity contribution in [2.24, 2.45) is 5.73 Å². The summed E-state index contributed by atoms with van der Waals surface area (Å²) in [6.45, 7) is 3.99. The predicted molar refractivity (Wildman–Crippen MR) is 76.5 cm³/mol. The number of methoxy groups -OCH3 is 1. The summed E-state index contributed by atoms with van der Waals surface area (Å²) in [5.74, 6) is 1.93. The van der Waals surface area contributed by atoms with Gasteiger partial charge in [0.05, 0.1) is 12.6 Å². The summed E-state index contributed by atoms with van der Waals surface area (Å²) in [7, 11) is 1.65. The molecule has 0 spiro atoms. The first-order valence-electron chi connectivity index (χ1n) is 6.80. The highest BCUT2D eigenvalue weighted by Crippen LogP contribution is 2.23. The molecule has 0 aliphatic rings. The van der Waals surface area contributed by atoms with E-state index in [1.807, 2.05) is 31.2 Å². The smallest absolute Gasteiger partial charge is 0.246 e. The van der Waals surface area contributed by atoms with Crippen LogP contribution in [0.25, 0.3) is 0 Å². The van der Waals surface area contributed by atoms with Crippen LogP contribution >= 0.6 is 0 Å². The van der Waals surface area contributed by atoms with E-state index in [1.165, 1.54) is 0 Å². The van der Waals surface area contributed by atoms with Crippen LogP contribution in [0.2, 0.25) is 0 Å². The lowest BCUT2D eigenvalue weighted by atomic mass is 9.98. The Labute approximate surface area is 119 Å². The lowest BCUT2D eigenvalue weighted by Crippen LogP contribution is -2.33. The van der Waals surface area contributed by atoms with Gasteiger partial charge in [-0.1, -0.05) is 36.7 Å². The summed E-state index contributed by atoms with van der Waals surface area (Å²) in [4.78, 5) is 4.41. The number of benzene rings is 1. The zero-order valence-corrected chi connectivity index (χ0v) is 12.2. The molecule has 0 aliphatic heterocycles. The summed E-state index contributed by atoms with van der Waals surface area (Å²) < 4.78 is 10.6. The molecule has 108 valence electrons. The molecule has 0 bridgehead atoms. The highest BCUT2D eigenvalue weighted by atomic mass is 16.5. The van der Waals surface area contributed by atoms with E-state index in [2.05, 4.69) is 17.1 Å². The molecule has 0 saturated heterocycles. The van der Waals surface area contributed by atoms with Crippen molar-refractivity contribution in [2.45, 2.75) is 38.6 Å². The molecule has 0 saturated carbocycles. The quantitative estimate of drug-likeness (QED) is 0.877. The van der Waals surface area contributed by atoms with Crippen LogP contribution in [0.5, 0.6) is 5.75 Å². The molecule has 1 aromatic carbocycles. The summed E-state index contributed by atoms with van der Waals surface area (Å²) in [6, 6.07) is 7.80. The number of hydrogen-bond acceptors (Lipinski definition) is 5. The molecule has 20 heavy (non-hydrogen) atoms. The number of nitrogens with zero attached hydrogens (tertiary/aromatic N) is 2. The first-order valence-corrected chi connectivity index (χ1v) is 6.80. The Kier molecular flexibility index (Phi) is 4.39. The fourth-order valence-electron chi connectivity index (χ4n) is 2.20. The Hall–Kier alpha value is -1.88. The summed E-state index contributed by atoms with van der Waals surface area (Å²) >= 11 is 0. The summed E-state index contributed by atoms with van der Waals surface area (Å²) in [5, 5.41) is 4.01. The lowest BCUT2D eigenvalue weighted by molar-refractivity contribution is 0.282. The largest absolute Gasteiger partial charge is 0.496 e. The van der Waals surface area contributed by atoms with Gasteiger partial charge in [0.1, 0.15) is 5.75 Å². The van der Waals surface area contributed by atoms with Crippen LogP contribution < -0.4 is 10.5 Å². The highest BCUT2D eigenvalue weighted by molar-refractivity contribution is 5.35. The van der Waals surface area contributed by atoms with Gasteiger partial charge in [0.15, 0.2) is 5.82 Å². The maximum absolute atomic E-state index is 6.19. The number of hydrogen-bond donors (Lipinski definition) is 1. The Bertz CT molecular complexity index is 564. The molecule has 1 atom stereocenters. The van der Waals surface area contributed by atoms with E-state index in [4.69, 9.17) is 15.0 Å². The maximum Gasteiger partial charge on any atom is 0.246 e. The Morgan fingerprint density at radius 2 is 2.10 bits per heavy atom. The Morgan fingerprint density at radius 1 is 1.35 bits per heavy atom. The SMILES string of the molecule is CCCC(C)(N)c1nc(Cc2ccccc2OC)no1. The van der Waals surface area contributed by atoms with Crippen LogP contribution in [0, 0.1) is 0 Å². The Balaban J connectivity index is 2.17. The van der Waals surface area contributed by atoms with Crippen molar-refractivity contribution in [3.8, 4) is 5.75 Å². The van der Waals surface area contributed by atoms with Gasteiger partial charge in [-0.3, -0.25) is 0 Å². The Morgan fingerprint density at radius 3 is 2.80 bits per heavy atom. The van der Waals surface area contributed by atoms with Gasteiger partial charge < -0.3 is 15.0 Å². The van der Waals surface area contributed by atoms with Crippen LogP contribution in [-0.4, -0.2) is 17.3 Å². The second-order valence-electron chi connectivity index (χ2n) is 5.17. The molecule has 2 rings (SSSR count). The van der Waals surface area contributed by atoms with Gasteiger partial charge in [-0.05, 0) is 19.4 Å². The van der Waals surface area contributed by atoms with Crippen LogP contribution in [-0.2, 0) is 12.0 Å². The molecule has 0 aliphatic carbocycles. The van der Waals surface area contributed by atoms with Gasteiger partial charge in [-0.15, -0.1) is 0 Å². The van der Waals surface area contributed by atoms with Crippen molar-refractivity contribution >= 4 is 0 Å². The van der Waals surface area contributed by atoms with E-state index in [-0.39, 0.29) is 0 Å². The number of ether oxygens (including phenoxy) is 1. The van der Waals surface area contributed by atoms with E-state index < -0.39 is 5.54 Å². The van der Waals surface area contributed by atoms with Crippen molar-refractivity contribution < 1.29 is 9.26 Å². The van der Waals surface area contributed by atoms with Gasteiger partial charge in [-0.2, -0.15) is 4.98 Å². The van der Waals surface area contributed by atoms with Crippen molar-refractivity contribution in [1.29, 1.82) is 0 Å². The first kappa shape index (κ1) is 14.5. The van der Waals surface area contributed by atoms with Gasteiger partial charge in [0.25, 0.3) is 0 Å². The summed E-state index contributed by atoms with van der Waals surface area (Å²) in [6.07, 6.45) is 2.34. The van der Waals surface area contributed by atoms with Crippen LogP contribution in [0.3, 0.4) is 0 Å². The zero-order valence-electron chi connectivity index (χ0n) is 12.2. The topological polar surface area (TPSA) is 74.2 Å². The molecule has 2 N–H and O–H groups in total. The predicted octanol–water partition coefficient (Wildman–Crippen LogP) is 2.64. The highest BCUT2D eigenvalue weighted by Gasteiger charge is 2.27. The molecule has 2 aromatic rings. The van der Waals surface area contributed by atoms with Gasteiger partial charge in [-0.25, -0.2) is 0 Å². The minimum atomic E-state index is -0.569. The fraction of sp³-hybridized carbons (Fsp3) is 0.467. The van der Waals surface area contributed by atoms with E-state index >= 15 is 0 Å². The van der Waals surface area contributed by atoms with Gasteiger partial charge in [0.2, 0.25) is 5.89 Å². The molecule has 1 unspecified atom stereocenters. The molecule has 1 aromatic heterocycles. The van der Waals surface area contributed by atoms with Crippen LogP contribution in [0.1, 0.15) is 44.0 Å². The van der Waals surface area contributed by atoms with Crippen molar-refractivity contribution in [2.75, 3.05) is 7.11 Å². The monoisotopic (exact) mass is 275 g/mol. The third-order valence-corrected chi connectivity index (χ3v) is 3.27. The third-order valence-electron chi connectivity index (χ3n) is 3.27.